The van der Waals surface area contributed by atoms with Crippen LogP contribution in [-0.2, 0) is 16.6 Å². The second-order valence-corrected chi connectivity index (χ2v) is 7.88. The van der Waals surface area contributed by atoms with Crippen molar-refractivity contribution in [2.45, 2.75) is 45.3 Å². The molecule has 0 spiro atoms. The Kier molecular flexibility index (Phi) is 4.64. The van der Waals surface area contributed by atoms with E-state index in [1.165, 1.54) is 11.3 Å². The SMILES string of the molecule is Cc1cnc(NS(=O)(=O)c2n[nH]c(C)c2CNC(C)C)s1. The van der Waals surface area contributed by atoms with Gasteiger partial charge in [-0.1, -0.05) is 13.8 Å². The molecule has 0 saturated heterocycles. The first-order valence-corrected chi connectivity index (χ1v) is 8.82. The largest absolute Gasteiger partial charge is 0.310 e. The van der Waals surface area contributed by atoms with E-state index in [2.05, 4.69) is 25.2 Å². The monoisotopic (exact) mass is 329 g/mol. The molecular formula is C12H19N5O2S2. The molecule has 9 heteroatoms. The van der Waals surface area contributed by atoms with Crippen LogP contribution in [0.3, 0.4) is 0 Å². The zero-order valence-corrected chi connectivity index (χ0v) is 14.0. The van der Waals surface area contributed by atoms with Crippen LogP contribution in [0.1, 0.15) is 30.0 Å². The summed E-state index contributed by atoms with van der Waals surface area (Å²) >= 11 is 1.29. The van der Waals surface area contributed by atoms with Crippen LogP contribution in [0.5, 0.6) is 0 Å². The lowest BCUT2D eigenvalue weighted by Gasteiger charge is -2.09. The van der Waals surface area contributed by atoms with Crippen LogP contribution in [0.4, 0.5) is 5.13 Å². The number of nitrogens with one attached hydrogen (secondary N) is 3. The van der Waals surface area contributed by atoms with E-state index in [-0.39, 0.29) is 11.1 Å². The summed E-state index contributed by atoms with van der Waals surface area (Å²) in [5, 5.41) is 10.2. The van der Waals surface area contributed by atoms with Crippen LogP contribution in [0.15, 0.2) is 11.2 Å². The van der Waals surface area contributed by atoms with Crippen molar-refractivity contribution in [2.24, 2.45) is 0 Å². The van der Waals surface area contributed by atoms with Gasteiger partial charge in [-0.05, 0) is 13.8 Å². The van der Waals surface area contributed by atoms with Crippen LogP contribution in [0.25, 0.3) is 0 Å². The molecule has 0 aliphatic carbocycles. The number of sulfonamides is 1. The number of nitrogens with zero attached hydrogens (tertiary/aromatic N) is 2. The third-order valence-electron chi connectivity index (χ3n) is 2.82. The highest BCUT2D eigenvalue weighted by atomic mass is 32.2. The fourth-order valence-corrected chi connectivity index (χ4v) is 3.84. The smallest absolute Gasteiger partial charge is 0.283 e. The van der Waals surface area contributed by atoms with E-state index in [1.54, 1.807) is 13.1 Å². The second kappa shape index (κ2) is 6.12. The number of aromatic nitrogens is 3. The molecule has 2 aromatic heterocycles. The Hall–Kier alpha value is -1.45. The van der Waals surface area contributed by atoms with Crippen molar-refractivity contribution in [2.75, 3.05) is 4.72 Å². The van der Waals surface area contributed by atoms with Gasteiger partial charge >= 0.3 is 0 Å². The average molecular weight is 329 g/mol. The van der Waals surface area contributed by atoms with Crippen molar-refractivity contribution in [3.05, 3.63) is 22.3 Å². The van der Waals surface area contributed by atoms with Gasteiger partial charge in [0.25, 0.3) is 10.0 Å². The molecule has 0 atom stereocenters. The number of aryl methyl sites for hydroxylation is 2. The molecule has 0 bridgehead atoms. The predicted molar refractivity (Wildman–Crippen MR) is 83.0 cm³/mol. The minimum Gasteiger partial charge on any atom is -0.310 e. The third kappa shape index (κ3) is 3.80. The second-order valence-electron chi connectivity index (χ2n) is 5.05. The van der Waals surface area contributed by atoms with Gasteiger partial charge in [0.2, 0.25) is 5.03 Å². The van der Waals surface area contributed by atoms with E-state index in [4.69, 9.17) is 0 Å². The highest BCUT2D eigenvalue weighted by molar-refractivity contribution is 7.92. The Bertz CT molecular complexity index is 718. The molecule has 0 aliphatic rings. The lowest BCUT2D eigenvalue weighted by atomic mass is 10.2. The van der Waals surface area contributed by atoms with E-state index in [1.807, 2.05) is 20.8 Å². The van der Waals surface area contributed by atoms with E-state index in [0.717, 1.165) is 10.6 Å². The highest BCUT2D eigenvalue weighted by Gasteiger charge is 2.24. The summed E-state index contributed by atoms with van der Waals surface area (Å²) in [4.78, 5) is 4.95. The van der Waals surface area contributed by atoms with E-state index in [9.17, 15) is 8.42 Å². The van der Waals surface area contributed by atoms with Crippen LogP contribution < -0.4 is 10.0 Å². The van der Waals surface area contributed by atoms with Crippen molar-refractivity contribution >= 4 is 26.5 Å². The Balaban J connectivity index is 2.27. The van der Waals surface area contributed by atoms with Crippen LogP contribution >= 0.6 is 11.3 Å². The van der Waals surface area contributed by atoms with Gasteiger partial charge in [-0.3, -0.25) is 9.82 Å². The van der Waals surface area contributed by atoms with Crippen LogP contribution in [0.2, 0.25) is 0 Å². The topological polar surface area (TPSA) is 99.8 Å². The quantitative estimate of drug-likeness (QED) is 0.750. The number of rotatable bonds is 6. The molecule has 116 valence electrons. The van der Waals surface area contributed by atoms with Gasteiger partial charge in [-0.15, -0.1) is 11.3 Å². The maximum atomic E-state index is 12.4. The number of H-pyrrole nitrogens is 1. The first-order chi connectivity index (χ1) is 9.79. The molecular weight excluding hydrogens is 310 g/mol. The van der Waals surface area contributed by atoms with Gasteiger partial charge in [-0.2, -0.15) is 13.5 Å². The molecule has 7 nitrogen and oxygen atoms in total. The molecule has 2 heterocycles. The number of aromatic amines is 1. The standard InChI is InChI=1S/C12H19N5O2S2/c1-7(2)13-6-10-9(4)15-16-11(10)21(18,19)17-12-14-5-8(3)20-12/h5,7,13H,6H2,1-4H3,(H,14,17)(H,15,16). The predicted octanol–water partition coefficient (Wildman–Crippen LogP) is 1.78. The van der Waals surface area contributed by atoms with Crippen molar-refractivity contribution in [3.63, 3.8) is 0 Å². The summed E-state index contributed by atoms with van der Waals surface area (Å²) in [6.45, 7) is 8.11. The first-order valence-electron chi connectivity index (χ1n) is 6.52. The molecule has 0 unspecified atom stereocenters. The lowest BCUT2D eigenvalue weighted by molar-refractivity contribution is 0.574. The highest BCUT2D eigenvalue weighted by Crippen LogP contribution is 2.23. The summed E-state index contributed by atoms with van der Waals surface area (Å²) in [6, 6.07) is 0.254. The molecule has 0 aromatic carbocycles. The van der Waals surface area contributed by atoms with Crippen LogP contribution in [-0.4, -0.2) is 29.6 Å². The molecule has 0 aliphatic heterocycles. The number of hydrogen-bond donors (Lipinski definition) is 3. The molecule has 0 fully saturated rings. The van der Waals surface area contributed by atoms with Gasteiger partial charge in [0.1, 0.15) is 0 Å². The summed E-state index contributed by atoms with van der Waals surface area (Å²) < 4.78 is 27.3. The Morgan fingerprint density at radius 2 is 2.10 bits per heavy atom. The maximum Gasteiger partial charge on any atom is 0.283 e. The van der Waals surface area contributed by atoms with Crippen molar-refractivity contribution in [1.82, 2.24) is 20.5 Å². The Labute approximate surface area is 128 Å². The fraction of sp³-hybridized carbons (Fsp3) is 0.500. The normalized spacial score (nSPS) is 12.0. The number of hydrogen-bond acceptors (Lipinski definition) is 6. The fourth-order valence-electron chi connectivity index (χ4n) is 1.73. The van der Waals surface area contributed by atoms with Gasteiger partial charge < -0.3 is 5.32 Å². The Morgan fingerprint density at radius 1 is 1.38 bits per heavy atom. The summed E-state index contributed by atoms with van der Waals surface area (Å²) in [6.07, 6.45) is 1.62. The summed E-state index contributed by atoms with van der Waals surface area (Å²) in [5.74, 6) is 0. The van der Waals surface area contributed by atoms with Gasteiger partial charge in [0.05, 0.1) is 0 Å². The number of thiazole rings is 1. The number of anilines is 1. The molecule has 2 rings (SSSR count). The average Bonchev–Trinajstić information content (AvgIpc) is 2.93. The van der Waals surface area contributed by atoms with Gasteiger partial charge in [0.15, 0.2) is 5.13 Å². The zero-order valence-electron chi connectivity index (χ0n) is 12.4. The van der Waals surface area contributed by atoms with E-state index < -0.39 is 10.0 Å². The van der Waals surface area contributed by atoms with Crippen molar-refractivity contribution in [1.29, 1.82) is 0 Å². The molecule has 0 radical (unpaired) electrons. The molecule has 21 heavy (non-hydrogen) atoms. The summed E-state index contributed by atoms with van der Waals surface area (Å²) in [5.41, 5.74) is 1.38. The lowest BCUT2D eigenvalue weighted by Crippen LogP contribution is -2.24. The molecule has 2 aromatic rings. The van der Waals surface area contributed by atoms with E-state index >= 15 is 0 Å². The molecule has 0 amide bonds. The van der Waals surface area contributed by atoms with E-state index in [0.29, 0.717) is 17.2 Å². The van der Waals surface area contributed by atoms with Crippen LogP contribution in [0, 0.1) is 13.8 Å². The van der Waals surface area contributed by atoms with Gasteiger partial charge in [-0.25, -0.2) is 4.98 Å². The molecule has 3 N–H and O–H groups in total. The zero-order chi connectivity index (χ0) is 15.6. The minimum absolute atomic E-state index is 0.0148. The van der Waals surface area contributed by atoms with Crippen molar-refractivity contribution < 1.29 is 8.42 Å². The molecule has 0 saturated carbocycles. The van der Waals surface area contributed by atoms with Crippen molar-refractivity contribution in [3.8, 4) is 0 Å². The van der Waals surface area contributed by atoms with Gasteiger partial charge in [0, 0.05) is 34.9 Å². The third-order valence-corrected chi connectivity index (χ3v) is 5.09. The summed E-state index contributed by atoms with van der Waals surface area (Å²) in [7, 11) is -3.74. The maximum absolute atomic E-state index is 12.4. The Morgan fingerprint density at radius 3 is 2.67 bits per heavy atom. The minimum atomic E-state index is -3.74. The first kappa shape index (κ1) is 15.9.